The third-order valence-electron chi connectivity index (χ3n) is 4.39. The molecule has 0 saturated carbocycles. The zero-order chi connectivity index (χ0) is 20.5. The van der Waals surface area contributed by atoms with Gasteiger partial charge in [-0.05, 0) is 42.2 Å². The molecule has 0 bridgehead atoms. The van der Waals surface area contributed by atoms with E-state index in [4.69, 9.17) is 21.7 Å². The lowest BCUT2D eigenvalue weighted by molar-refractivity contribution is -0.114. The molecule has 0 aromatic heterocycles. The number of nitrogens with one attached hydrogen (secondary N) is 1. The number of nitrogens with zero attached hydrogens (tertiary/aromatic N) is 2. The van der Waals surface area contributed by atoms with Crippen LogP contribution in [0.25, 0.3) is 6.08 Å². The maximum atomic E-state index is 13.7. The van der Waals surface area contributed by atoms with Crippen LogP contribution >= 0.6 is 23.4 Å². The molecule has 0 spiro atoms. The van der Waals surface area contributed by atoms with Crippen LogP contribution in [0, 0.1) is 11.2 Å². The minimum absolute atomic E-state index is 0.0473. The monoisotopic (exact) mass is 427 g/mol. The molecule has 2 aliphatic heterocycles. The molecule has 2 aromatic rings. The number of benzene rings is 2. The molecule has 4 rings (SSSR count). The largest absolute Gasteiger partial charge is 0.487 e. The number of amides is 1. The number of hydrogen-bond donors (Lipinski definition) is 1. The highest BCUT2D eigenvalue weighted by Gasteiger charge is 2.33. The lowest BCUT2D eigenvalue weighted by Gasteiger charge is -2.25. The van der Waals surface area contributed by atoms with Crippen molar-refractivity contribution in [2.24, 2.45) is 4.99 Å². The molecule has 2 heterocycles. The Hall–Kier alpha value is -2.90. The zero-order valence-corrected chi connectivity index (χ0v) is 16.9. The molecular weight excluding hydrogens is 413 g/mol. The summed E-state index contributed by atoms with van der Waals surface area (Å²) in [5.74, 6) is -0.330. The fourth-order valence-corrected chi connectivity index (χ4v) is 4.00. The van der Waals surface area contributed by atoms with E-state index in [-0.39, 0.29) is 23.8 Å². The number of fused-ring (bicyclic) bond motifs is 1. The van der Waals surface area contributed by atoms with E-state index in [1.807, 2.05) is 12.3 Å². The molecule has 0 aliphatic carbocycles. The van der Waals surface area contributed by atoms with Gasteiger partial charge in [0.15, 0.2) is 5.17 Å². The maximum Gasteiger partial charge on any atom is 0.283 e. The maximum absolute atomic E-state index is 13.7. The third kappa shape index (κ3) is 3.83. The van der Waals surface area contributed by atoms with E-state index < -0.39 is 5.91 Å². The number of amidine groups is 2. The molecule has 29 heavy (non-hydrogen) atoms. The summed E-state index contributed by atoms with van der Waals surface area (Å²) in [4.78, 5) is 18.0. The summed E-state index contributed by atoms with van der Waals surface area (Å²) in [5.41, 5.74) is 2.08. The highest BCUT2D eigenvalue weighted by Crippen LogP contribution is 2.33. The first kappa shape index (κ1) is 19.4. The fourth-order valence-electron chi connectivity index (χ4n) is 2.90. The van der Waals surface area contributed by atoms with E-state index in [0.29, 0.717) is 27.1 Å². The van der Waals surface area contributed by atoms with E-state index in [9.17, 15) is 9.18 Å². The highest BCUT2D eigenvalue weighted by atomic mass is 35.5. The van der Waals surface area contributed by atoms with Crippen LogP contribution in [-0.4, -0.2) is 21.8 Å². The van der Waals surface area contributed by atoms with Gasteiger partial charge in [0.05, 0.1) is 10.6 Å². The molecule has 1 N–H and O–H groups in total. The van der Waals surface area contributed by atoms with Crippen LogP contribution in [0.5, 0.6) is 5.75 Å². The van der Waals surface area contributed by atoms with Crippen LogP contribution in [0.2, 0.25) is 5.02 Å². The Morgan fingerprint density at radius 2 is 2.10 bits per heavy atom. The molecular formula is C21H15ClFN3O2S. The van der Waals surface area contributed by atoms with Gasteiger partial charge >= 0.3 is 0 Å². The predicted octanol–water partition coefficient (Wildman–Crippen LogP) is 5.23. The second kappa shape index (κ2) is 7.85. The number of aliphatic imine (C=N–C) groups is 1. The van der Waals surface area contributed by atoms with E-state index in [1.165, 1.54) is 17.8 Å². The number of carbonyl (C=O) groups excluding carboxylic acids is 1. The Labute approximate surface area is 176 Å². The molecule has 0 radical (unpaired) electrons. The Balaban J connectivity index is 1.55. The van der Waals surface area contributed by atoms with E-state index in [1.54, 1.807) is 47.4 Å². The molecule has 0 unspecified atom stereocenters. The van der Waals surface area contributed by atoms with Gasteiger partial charge in [0.25, 0.3) is 5.91 Å². The van der Waals surface area contributed by atoms with Crippen LogP contribution in [0.15, 0.2) is 64.1 Å². The van der Waals surface area contributed by atoms with Crippen LogP contribution in [-0.2, 0) is 11.4 Å². The minimum Gasteiger partial charge on any atom is -0.487 e. The Morgan fingerprint density at radius 1 is 1.31 bits per heavy atom. The van der Waals surface area contributed by atoms with Crippen molar-refractivity contribution in [1.29, 1.82) is 5.41 Å². The summed E-state index contributed by atoms with van der Waals surface area (Å²) in [5, 5.41) is 11.0. The first-order chi connectivity index (χ1) is 13.9. The Kier molecular flexibility index (Phi) is 5.25. The van der Waals surface area contributed by atoms with Gasteiger partial charge in [-0.1, -0.05) is 47.6 Å². The SMILES string of the molecule is CC1=CSC2=NC(=O)/C(=C/c3ccc(OCc4ccccc4F)c(Cl)c3)C(=N)N12. The van der Waals surface area contributed by atoms with Crippen molar-refractivity contribution in [3.63, 3.8) is 0 Å². The average Bonchev–Trinajstić information content (AvgIpc) is 3.06. The number of rotatable bonds is 4. The first-order valence-electron chi connectivity index (χ1n) is 8.67. The molecule has 2 aliphatic rings. The minimum atomic E-state index is -0.465. The normalized spacial score (nSPS) is 17.3. The predicted molar refractivity (Wildman–Crippen MR) is 114 cm³/mol. The number of carbonyl (C=O) groups is 1. The average molecular weight is 428 g/mol. The van der Waals surface area contributed by atoms with Crippen molar-refractivity contribution in [2.75, 3.05) is 0 Å². The van der Waals surface area contributed by atoms with Crippen molar-refractivity contribution in [1.82, 2.24) is 4.90 Å². The van der Waals surface area contributed by atoms with E-state index in [2.05, 4.69) is 4.99 Å². The van der Waals surface area contributed by atoms with E-state index in [0.717, 1.165) is 5.70 Å². The molecule has 0 fully saturated rings. The molecule has 5 nitrogen and oxygen atoms in total. The highest BCUT2D eigenvalue weighted by molar-refractivity contribution is 8.16. The number of halogens is 2. The van der Waals surface area contributed by atoms with Gasteiger partial charge < -0.3 is 4.74 Å². The molecule has 0 atom stereocenters. The quantitative estimate of drug-likeness (QED) is 0.679. The molecule has 1 amide bonds. The molecule has 2 aromatic carbocycles. The fraction of sp³-hybridized carbons (Fsp3) is 0.0952. The van der Waals surface area contributed by atoms with Crippen molar-refractivity contribution in [3.8, 4) is 5.75 Å². The summed E-state index contributed by atoms with van der Waals surface area (Å²) >= 11 is 7.62. The van der Waals surface area contributed by atoms with Crippen LogP contribution in [0.4, 0.5) is 4.39 Å². The van der Waals surface area contributed by atoms with Crippen LogP contribution in [0.3, 0.4) is 0 Å². The number of hydrogen-bond acceptors (Lipinski definition) is 4. The molecule has 0 saturated heterocycles. The first-order valence-corrected chi connectivity index (χ1v) is 9.93. The molecule has 8 heteroatoms. The van der Waals surface area contributed by atoms with Crippen LogP contribution in [0.1, 0.15) is 18.1 Å². The van der Waals surface area contributed by atoms with E-state index >= 15 is 0 Å². The second-order valence-corrected chi connectivity index (χ2v) is 7.63. The standard InChI is InChI=1S/C21H15ClFN3O2S/c1-12-11-29-21-25-20(27)15(19(24)26(12)21)8-13-6-7-18(16(22)9-13)28-10-14-4-2-3-5-17(14)23/h2-9,11,24H,10H2,1H3/b15-8+,24-19?. The van der Waals surface area contributed by atoms with Gasteiger partial charge in [0.1, 0.15) is 24.0 Å². The summed E-state index contributed by atoms with van der Waals surface area (Å²) in [7, 11) is 0. The summed E-state index contributed by atoms with van der Waals surface area (Å²) in [6.07, 6.45) is 1.58. The zero-order valence-electron chi connectivity index (χ0n) is 15.3. The van der Waals surface area contributed by atoms with Crippen molar-refractivity contribution >= 4 is 46.3 Å². The summed E-state index contributed by atoms with van der Waals surface area (Å²) in [6.45, 7) is 1.90. The number of ether oxygens (including phenoxy) is 1. The summed E-state index contributed by atoms with van der Waals surface area (Å²) in [6, 6.07) is 11.4. The second-order valence-electron chi connectivity index (χ2n) is 6.39. The molecule has 146 valence electrons. The van der Waals surface area contributed by atoms with Crippen molar-refractivity contribution in [3.05, 3.63) is 81.1 Å². The Bertz CT molecular complexity index is 1130. The van der Waals surface area contributed by atoms with Gasteiger partial charge in [-0.25, -0.2) is 4.39 Å². The van der Waals surface area contributed by atoms with Gasteiger partial charge in [-0.15, -0.1) is 0 Å². The van der Waals surface area contributed by atoms with Gasteiger partial charge in [0, 0.05) is 11.3 Å². The van der Waals surface area contributed by atoms with Crippen LogP contribution < -0.4 is 4.74 Å². The van der Waals surface area contributed by atoms with Gasteiger partial charge in [0.2, 0.25) is 0 Å². The smallest absolute Gasteiger partial charge is 0.283 e. The number of allylic oxidation sites excluding steroid dienone is 1. The van der Waals surface area contributed by atoms with Crippen molar-refractivity contribution < 1.29 is 13.9 Å². The lowest BCUT2D eigenvalue weighted by atomic mass is 10.1. The van der Waals surface area contributed by atoms with Crippen molar-refractivity contribution in [2.45, 2.75) is 13.5 Å². The van der Waals surface area contributed by atoms with Gasteiger partial charge in [-0.2, -0.15) is 4.99 Å². The topological polar surface area (TPSA) is 65.8 Å². The lowest BCUT2D eigenvalue weighted by Crippen LogP contribution is -2.37. The van der Waals surface area contributed by atoms with Gasteiger partial charge in [-0.3, -0.25) is 15.1 Å². The number of thioether (sulfide) groups is 1. The third-order valence-corrected chi connectivity index (χ3v) is 5.63. The Morgan fingerprint density at radius 3 is 2.86 bits per heavy atom. The summed E-state index contributed by atoms with van der Waals surface area (Å²) < 4.78 is 19.3.